The molecule has 5 aromatic rings. The summed E-state index contributed by atoms with van der Waals surface area (Å²) in [7, 11) is 0. The molecule has 0 bridgehead atoms. The van der Waals surface area contributed by atoms with Crippen molar-refractivity contribution in [2.75, 3.05) is 0 Å². The normalized spacial score (nSPS) is 12.5. The van der Waals surface area contributed by atoms with E-state index in [9.17, 15) is 29.7 Å². The lowest BCUT2D eigenvalue weighted by molar-refractivity contribution is 0.440. The molecular formula is C45H57N5O6. The Morgan fingerprint density at radius 2 is 0.839 bits per heavy atom. The highest BCUT2D eigenvalue weighted by Crippen LogP contribution is 2.39. The van der Waals surface area contributed by atoms with Gasteiger partial charge in [-0.05, 0) is 125 Å². The molecule has 0 amide bonds. The molecule has 11 heteroatoms. The molecule has 0 aliphatic heterocycles. The number of imidazole rings is 1. The van der Waals surface area contributed by atoms with E-state index in [1.165, 1.54) is 13.7 Å². The molecule has 2 aromatic heterocycles. The van der Waals surface area contributed by atoms with Gasteiger partial charge < -0.3 is 15.3 Å². The molecule has 0 spiro atoms. The zero-order valence-electron chi connectivity index (χ0n) is 35.7. The third-order valence-corrected chi connectivity index (χ3v) is 11.4. The molecule has 0 saturated heterocycles. The molecule has 11 nitrogen and oxygen atoms in total. The standard InChI is InChI=1S/C45H57N5O6/c1-23-17-32(43(7,8)9)36(51)26(4)29(23)20-47-35-39(48(41(47)55)21-30-24(2)18-33(44(10,11)12)37(52)27(30)5)49(42(56)50(46-16)40(35)54)22-31-25(3)19-34(45(13,14)15)38(53)28(31)6/h17-19,51-53H,20-22H2,1-15H3. The van der Waals surface area contributed by atoms with E-state index in [1.807, 2.05) is 101 Å². The highest BCUT2D eigenvalue weighted by Gasteiger charge is 2.31. The first kappa shape index (κ1) is 41.7. The minimum absolute atomic E-state index is 0.00659. The molecule has 0 aliphatic rings. The van der Waals surface area contributed by atoms with Crippen LogP contribution in [0, 0.1) is 48.1 Å². The number of hydrogen-bond donors (Lipinski definition) is 3. The summed E-state index contributed by atoms with van der Waals surface area (Å²) in [6.45, 7) is 36.6. The van der Waals surface area contributed by atoms with Gasteiger partial charge in [-0.3, -0.25) is 18.5 Å². The molecule has 0 unspecified atom stereocenters. The Morgan fingerprint density at radius 3 is 1.14 bits per heavy atom. The second kappa shape index (κ2) is 13.9. The lowest BCUT2D eigenvalue weighted by atomic mass is 9.82. The molecular weight excluding hydrogens is 707 g/mol. The molecule has 2 heterocycles. The topological polar surface area (TPSA) is 136 Å². The number of phenolic OH excluding ortho intramolecular Hbond substituents is 3. The van der Waals surface area contributed by atoms with Crippen LogP contribution in [0.3, 0.4) is 0 Å². The van der Waals surface area contributed by atoms with Gasteiger partial charge in [0, 0.05) is 0 Å². The SMILES string of the molecule is [C-]#[N+]n1c(=O)c2c(n(Cc3c(C)cc(C(C)(C)C)c(O)c3C)c1=O)n(Cc1c(C)cc(C(C)(C)C)c(O)c1C)c(=O)n2Cc1c(C)cc(C(C)(C)C)c(O)c1C. The van der Waals surface area contributed by atoms with Crippen LogP contribution in [-0.4, -0.2) is 33.7 Å². The summed E-state index contributed by atoms with van der Waals surface area (Å²) >= 11 is 0. The van der Waals surface area contributed by atoms with E-state index in [4.69, 9.17) is 6.57 Å². The molecule has 0 saturated carbocycles. The van der Waals surface area contributed by atoms with Gasteiger partial charge in [-0.2, -0.15) is 6.57 Å². The highest BCUT2D eigenvalue weighted by atomic mass is 16.3. The van der Waals surface area contributed by atoms with Crippen LogP contribution in [0.4, 0.5) is 0 Å². The highest BCUT2D eigenvalue weighted by molar-refractivity contribution is 5.72. The van der Waals surface area contributed by atoms with E-state index in [0.717, 1.165) is 33.4 Å². The fraction of sp³-hybridized carbons (Fsp3) is 0.467. The van der Waals surface area contributed by atoms with Gasteiger partial charge in [-0.15, -0.1) is 4.95 Å². The lowest BCUT2D eigenvalue weighted by Crippen LogP contribution is -2.38. The molecule has 0 radical (unpaired) electrons. The molecule has 5 rings (SSSR count). The summed E-state index contributed by atoms with van der Waals surface area (Å²) in [5, 5.41) is 34.3. The van der Waals surface area contributed by atoms with Crippen molar-refractivity contribution < 1.29 is 15.3 Å². The first-order valence-corrected chi connectivity index (χ1v) is 19.0. The number of aromatic nitrogens is 4. The van der Waals surface area contributed by atoms with Crippen LogP contribution in [0.2, 0.25) is 0 Å². The third-order valence-electron chi connectivity index (χ3n) is 11.4. The fourth-order valence-electron chi connectivity index (χ4n) is 7.93. The smallest absolute Gasteiger partial charge is 0.401 e. The summed E-state index contributed by atoms with van der Waals surface area (Å²) in [6, 6.07) is 5.68. The van der Waals surface area contributed by atoms with Crippen LogP contribution >= 0.6 is 0 Å². The van der Waals surface area contributed by atoms with Crippen molar-refractivity contribution in [1.82, 2.24) is 18.4 Å². The van der Waals surface area contributed by atoms with Crippen molar-refractivity contribution >= 4 is 11.2 Å². The van der Waals surface area contributed by atoms with Crippen molar-refractivity contribution in [3.8, 4) is 17.2 Å². The van der Waals surface area contributed by atoms with Gasteiger partial charge in [0.1, 0.15) is 17.2 Å². The van der Waals surface area contributed by atoms with E-state index in [-0.39, 0.29) is 64.3 Å². The maximum absolute atomic E-state index is 15.0. The van der Waals surface area contributed by atoms with Gasteiger partial charge in [0.2, 0.25) is 0 Å². The van der Waals surface area contributed by atoms with Gasteiger partial charge in [0.05, 0.1) is 24.3 Å². The third kappa shape index (κ3) is 6.84. The van der Waals surface area contributed by atoms with Gasteiger partial charge in [0.25, 0.3) is 0 Å². The van der Waals surface area contributed by atoms with Crippen LogP contribution in [0.15, 0.2) is 32.6 Å². The summed E-state index contributed by atoms with van der Waals surface area (Å²) in [5.41, 5.74) is 4.40. The monoisotopic (exact) mass is 763 g/mol. The number of benzene rings is 3. The molecule has 3 aromatic carbocycles. The number of aromatic hydroxyl groups is 3. The Bertz CT molecular complexity index is 2680. The van der Waals surface area contributed by atoms with Crippen LogP contribution in [0.1, 0.15) is 129 Å². The van der Waals surface area contributed by atoms with Crippen molar-refractivity contribution in [1.29, 1.82) is 0 Å². The molecule has 298 valence electrons. The average molecular weight is 764 g/mol. The Labute approximate surface area is 328 Å². The number of aryl methyl sites for hydroxylation is 3. The van der Waals surface area contributed by atoms with Gasteiger partial charge in [-0.25, -0.2) is 9.59 Å². The maximum Gasteiger partial charge on any atom is 0.401 e. The van der Waals surface area contributed by atoms with Gasteiger partial charge in [0.15, 0.2) is 11.2 Å². The zero-order chi connectivity index (χ0) is 42.3. The quantitative estimate of drug-likeness (QED) is 0.151. The summed E-state index contributed by atoms with van der Waals surface area (Å²) in [4.78, 5) is 47.0. The first-order chi connectivity index (χ1) is 25.6. The Morgan fingerprint density at radius 1 is 0.536 bits per heavy atom. The van der Waals surface area contributed by atoms with Gasteiger partial charge >= 0.3 is 16.9 Å². The minimum atomic E-state index is -0.948. The summed E-state index contributed by atoms with van der Waals surface area (Å²) in [5.74, 6) is 0.278. The van der Waals surface area contributed by atoms with Crippen LogP contribution in [0.25, 0.3) is 16.1 Å². The molecule has 56 heavy (non-hydrogen) atoms. The number of phenols is 3. The molecule has 0 atom stereocenters. The van der Waals surface area contributed by atoms with E-state index in [2.05, 4.69) is 4.95 Å². The zero-order valence-corrected chi connectivity index (χ0v) is 35.7. The second-order valence-electron chi connectivity index (χ2n) is 18.5. The Balaban J connectivity index is 1.93. The number of fused-ring (bicyclic) bond motifs is 1. The number of rotatable bonds is 6. The van der Waals surface area contributed by atoms with Gasteiger partial charge in [-0.1, -0.05) is 80.5 Å². The van der Waals surface area contributed by atoms with E-state index in [1.54, 1.807) is 20.8 Å². The Hall–Kier alpha value is -5.50. The summed E-state index contributed by atoms with van der Waals surface area (Å²) in [6.07, 6.45) is 0. The number of nitrogens with zero attached hydrogens (tertiary/aromatic N) is 5. The number of hydrogen-bond acceptors (Lipinski definition) is 6. The van der Waals surface area contributed by atoms with Crippen molar-refractivity contribution in [2.45, 2.75) is 140 Å². The predicted octanol–water partition coefficient (Wildman–Crippen LogP) is 7.81. The van der Waals surface area contributed by atoms with Crippen molar-refractivity contribution in [3.05, 3.63) is 128 Å². The predicted molar refractivity (Wildman–Crippen MR) is 223 cm³/mol. The van der Waals surface area contributed by atoms with Crippen LogP contribution in [-0.2, 0) is 35.9 Å². The van der Waals surface area contributed by atoms with E-state index < -0.39 is 16.9 Å². The molecule has 0 aliphatic carbocycles. The lowest BCUT2D eigenvalue weighted by Gasteiger charge is -2.25. The van der Waals surface area contributed by atoms with Crippen molar-refractivity contribution in [2.24, 2.45) is 0 Å². The van der Waals surface area contributed by atoms with E-state index >= 15 is 0 Å². The second-order valence-corrected chi connectivity index (χ2v) is 18.5. The molecule has 3 N–H and O–H groups in total. The Kier molecular flexibility index (Phi) is 10.3. The van der Waals surface area contributed by atoms with Crippen LogP contribution in [0.5, 0.6) is 17.2 Å². The van der Waals surface area contributed by atoms with Crippen LogP contribution < -0.4 is 16.9 Å². The van der Waals surface area contributed by atoms with E-state index in [0.29, 0.717) is 38.1 Å². The molecule has 0 fully saturated rings. The minimum Gasteiger partial charge on any atom is -0.507 e. The summed E-state index contributed by atoms with van der Waals surface area (Å²) < 4.78 is 4.37. The maximum atomic E-state index is 15.0. The van der Waals surface area contributed by atoms with Crippen molar-refractivity contribution in [3.63, 3.8) is 0 Å². The largest absolute Gasteiger partial charge is 0.507 e. The average Bonchev–Trinajstić information content (AvgIpc) is 3.34. The first-order valence-electron chi connectivity index (χ1n) is 19.0. The fourth-order valence-corrected chi connectivity index (χ4v) is 7.93.